The van der Waals surface area contributed by atoms with E-state index in [-0.39, 0.29) is 5.91 Å². The number of rotatable bonds is 2. The molecule has 0 aliphatic carbocycles. The molecular weight excluding hydrogens is 196 g/mol. The fourth-order valence-corrected chi connectivity index (χ4v) is 1.54. The molecule has 4 heteroatoms. The maximum atomic E-state index is 11.5. The highest BCUT2D eigenvalue weighted by Gasteiger charge is 2.06. The Morgan fingerprint density at radius 2 is 2.00 bits per heavy atom. The van der Waals surface area contributed by atoms with Crippen molar-refractivity contribution in [1.29, 1.82) is 0 Å². The number of anilines is 1. The molecule has 3 nitrogen and oxygen atoms in total. The first-order valence-electron chi connectivity index (χ1n) is 4.13. The second-order valence-corrected chi connectivity index (χ2v) is 3.53. The van der Waals surface area contributed by atoms with Gasteiger partial charge in [0.2, 0.25) is 0 Å². The van der Waals surface area contributed by atoms with Crippen LogP contribution in [0.2, 0.25) is 0 Å². The lowest BCUT2D eigenvalue weighted by atomic mass is 10.3. The number of nitrogens with zero attached hydrogens (tertiary/aromatic N) is 1. The molecule has 14 heavy (non-hydrogen) atoms. The van der Waals surface area contributed by atoms with Crippen LogP contribution in [0.15, 0.2) is 42.6 Å². The number of hydrogen-bond donors (Lipinski definition) is 1. The lowest BCUT2D eigenvalue weighted by molar-refractivity contribution is 0.103. The third-order valence-electron chi connectivity index (χ3n) is 1.69. The van der Waals surface area contributed by atoms with Gasteiger partial charge in [-0.05, 0) is 29.7 Å². The van der Waals surface area contributed by atoms with Gasteiger partial charge < -0.3 is 5.32 Å². The average molecular weight is 204 g/mol. The van der Waals surface area contributed by atoms with Gasteiger partial charge in [0.05, 0.1) is 0 Å². The largest absolute Gasteiger partial charge is 0.321 e. The Hall–Kier alpha value is -1.68. The number of carbonyl (C=O) groups excluding carboxylic acids is 1. The Kier molecular flexibility index (Phi) is 2.55. The van der Waals surface area contributed by atoms with Crippen LogP contribution in [-0.4, -0.2) is 10.3 Å². The number of hydrogen-bond acceptors (Lipinski definition) is 3. The summed E-state index contributed by atoms with van der Waals surface area (Å²) in [7, 11) is 0. The monoisotopic (exact) mass is 204 g/mol. The van der Waals surface area contributed by atoms with Gasteiger partial charge in [-0.1, -0.05) is 18.2 Å². The molecule has 1 aromatic carbocycles. The lowest BCUT2D eigenvalue weighted by Crippen LogP contribution is -2.09. The highest BCUT2D eigenvalue weighted by molar-refractivity contribution is 7.08. The summed E-state index contributed by atoms with van der Waals surface area (Å²) in [4.78, 5) is 12.2. The first-order chi connectivity index (χ1) is 6.86. The van der Waals surface area contributed by atoms with Gasteiger partial charge in [0.1, 0.15) is 4.88 Å². The predicted octanol–water partition coefficient (Wildman–Crippen LogP) is 2.40. The smallest absolute Gasteiger partial charge is 0.267 e. The summed E-state index contributed by atoms with van der Waals surface area (Å²) in [5.74, 6) is -0.112. The molecule has 0 saturated carbocycles. The Bertz CT molecular complexity index is 411. The van der Waals surface area contributed by atoms with Crippen molar-refractivity contribution in [2.45, 2.75) is 0 Å². The van der Waals surface area contributed by atoms with E-state index in [1.54, 1.807) is 12.3 Å². The van der Waals surface area contributed by atoms with Gasteiger partial charge in [-0.25, -0.2) is 4.37 Å². The van der Waals surface area contributed by atoms with Crippen LogP contribution >= 0.6 is 11.5 Å². The van der Waals surface area contributed by atoms with E-state index in [2.05, 4.69) is 9.69 Å². The molecule has 0 aliphatic rings. The molecular formula is C10H8N2OS. The van der Waals surface area contributed by atoms with E-state index in [1.165, 1.54) is 11.5 Å². The molecule has 0 bridgehead atoms. The quantitative estimate of drug-likeness (QED) is 0.816. The molecule has 1 heterocycles. The number of aromatic nitrogens is 1. The Morgan fingerprint density at radius 3 is 2.64 bits per heavy atom. The maximum Gasteiger partial charge on any atom is 0.267 e. The van der Waals surface area contributed by atoms with Crippen LogP contribution < -0.4 is 5.32 Å². The van der Waals surface area contributed by atoms with Crippen LogP contribution in [0.4, 0.5) is 5.69 Å². The summed E-state index contributed by atoms with van der Waals surface area (Å²) in [6.45, 7) is 0. The third kappa shape index (κ3) is 1.97. The van der Waals surface area contributed by atoms with E-state index in [0.717, 1.165) is 5.69 Å². The number of benzene rings is 1. The van der Waals surface area contributed by atoms with Crippen molar-refractivity contribution in [2.24, 2.45) is 0 Å². The van der Waals surface area contributed by atoms with Crippen molar-refractivity contribution < 1.29 is 4.79 Å². The zero-order chi connectivity index (χ0) is 9.80. The van der Waals surface area contributed by atoms with Crippen LogP contribution in [0.25, 0.3) is 0 Å². The summed E-state index contributed by atoms with van der Waals surface area (Å²) in [5, 5.41) is 2.78. The van der Waals surface area contributed by atoms with Gasteiger partial charge in [0, 0.05) is 11.9 Å². The van der Waals surface area contributed by atoms with Crippen molar-refractivity contribution in [3.63, 3.8) is 0 Å². The van der Waals surface area contributed by atoms with Crippen LogP contribution in [0.1, 0.15) is 9.67 Å². The van der Waals surface area contributed by atoms with Gasteiger partial charge >= 0.3 is 0 Å². The molecule has 0 aliphatic heterocycles. The molecule has 70 valence electrons. The molecule has 1 aromatic heterocycles. The molecule has 0 unspecified atom stereocenters. The zero-order valence-electron chi connectivity index (χ0n) is 7.31. The Labute approximate surface area is 85.6 Å². The van der Waals surface area contributed by atoms with Crippen molar-refractivity contribution in [2.75, 3.05) is 5.32 Å². The first-order valence-corrected chi connectivity index (χ1v) is 4.91. The Morgan fingerprint density at radius 1 is 1.21 bits per heavy atom. The van der Waals surface area contributed by atoms with E-state index >= 15 is 0 Å². The minimum atomic E-state index is -0.112. The normalized spacial score (nSPS) is 9.71. The molecule has 0 saturated heterocycles. The number of amides is 1. The molecule has 0 fully saturated rings. The molecule has 0 atom stereocenters. The van der Waals surface area contributed by atoms with Crippen molar-refractivity contribution in [3.8, 4) is 0 Å². The SMILES string of the molecule is O=C(Nc1ccccc1)c1ccns1. The van der Waals surface area contributed by atoms with Crippen molar-refractivity contribution >= 4 is 23.1 Å². The fraction of sp³-hybridized carbons (Fsp3) is 0. The number of para-hydroxylation sites is 1. The minimum Gasteiger partial charge on any atom is -0.321 e. The summed E-state index contributed by atoms with van der Waals surface area (Å²) < 4.78 is 3.87. The number of nitrogens with one attached hydrogen (secondary N) is 1. The first kappa shape index (κ1) is 8.90. The van der Waals surface area contributed by atoms with Gasteiger partial charge in [-0.2, -0.15) is 0 Å². The fourth-order valence-electron chi connectivity index (χ4n) is 1.05. The summed E-state index contributed by atoms with van der Waals surface area (Å²) >= 11 is 1.19. The van der Waals surface area contributed by atoms with Crippen LogP contribution in [0, 0.1) is 0 Å². The van der Waals surface area contributed by atoms with E-state index < -0.39 is 0 Å². The van der Waals surface area contributed by atoms with Crippen molar-refractivity contribution in [1.82, 2.24) is 4.37 Å². The molecule has 1 amide bonds. The summed E-state index contributed by atoms with van der Waals surface area (Å²) in [6.07, 6.45) is 1.62. The topological polar surface area (TPSA) is 42.0 Å². The predicted molar refractivity (Wildman–Crippen MR) is 56.5 cm³/mol. The van der Waals surface area contributed by atoms with E-state index in [4.69, 9.17) is 0 Å². The highest BCUT2D eigenvalue weighted by atomic mass is 32.1. The molecule has 2 aromatic rings. The second kappa shape index (κ2) is 4.02. The number of carbonyl (C=O) groups is 1. The second-order valence-electron chi connectivity index (χ2n) is 2.70. The zero-order valence-corrected chi connectivity index (χ0v) is 8.12. The van der Waals surface area contributed by atoms with Gasteiger partial charge in [-0.15, -0.1) is 0 Å². The maximum absolute atomic E-state index is 11.5. The summed E-state index contributed by atoms with van der Waals surface area (Å²) in [5.41, 5.74) is 0.797. The molecule has 0 spiro atoms. The standard InChI is InChI=1S/C10H8N2OS/c13-10(9-6-7-11-14-9)12-8-4-2-1-3-5-8/h1-7H,(H,12,13). The molecule has 0 radical (unpaired) electrons. The lowest BCUT2D eigenvalue weighted by Gasteiger charge is -2.01. The van der Waals surface area contributed by atoms with Crippen molar-refractivity contribution in [3.05, 3.63) is 47.5 Å². The van der Waals surface area contributed by atoms with Crippen LogP contribution in [0.5, 0.6) is 0 Å². The highest BCUT2D eigenvalue weighted by Crippen LogP contribution is 2.10. The van der Waals surface area contributed by atoms with Gasteiger partial charge in [-0.3, -0.25) is 4.79 Å². The van der Waals surface area contributed by atoms with E-state index in [1.807, 2.05) is 30.3 Å². The summed E-state index contributed by atoms with van der Waals surface area (Å²) in [6, 6.07) is 11.0. The van der Waals surface area contributed by atoms with Gasteiger partial charge in [0.15, 0.2) is 0 Å². The Balaban J connectivity index is 2.10. The van der Waals surface area contributed by atoms with Crippen LogP contribution in [0.3, 0.4) is 0 Å². The third-order valence-corrected chi connectivity index (χ3v) is 2.44. The van der Waals surface area contributed by atoms with Gasteiger partial charge in [0.25, 0.3) is 5.91 Å². The average Bonchev–Trinajstić information content (AvgIpc) is 2.72. The van der Waals surface area contributed by atoms with E-state index in [9.17, 15) is 4.79 Å². The molecule has 2 rings (SSSR count). The minimum absolute atomic E-state index is 0.112. The van der Waals surface area contributed by atoms with Crippen LogP contribution in [-0.2, 0) is 0 Å². The van der Waals surface area contributed by atoms with E-state index in [0.29, 0.717) is 4.88 Å². The molecule has 1 N–H and O–H groups in total.